The maximum absolute atomic E-state index is 12.6. The first-order valence-corrected chi connectivity index (χ1v) is 10.0. The maximum Gasteiger partial charge on any atom is 0.282 e. The van der Waals surface area contributed by atoms with Crippen LogP contribution in [-0.2, 0) is 0 Å². The summed E-state index contributed by atoms with van der Waals surface area (Å²) < 4.78 is 5.90. The van der Waals surface area contributed by atoms with Crippen molar-refractivity contribution in [3.8, 4) is 11.5 Å². The van der Waals surface area contributed by atoms with Gasteiger partial charge in [0.05, 0.1) is 4.92 Å². The van der Waals surface area contributed by atoms with Gasteiger partial charge in [-0.05, 0) is 54.3 Å². The Hall–Kier alpha value is -4.00. The van der Waals surface area contributed by atoms with Gasteiger partial charge in [-0.25, -0.2) is 4.98 Å². The van der Waals surface area contributed by atoms with E-state index >= 15 is 0 Å². The first kappa shape index (κ1) is 20.3. The molecule has 3 aromatic carbocycles. The Labute approximate surface area is 178 Å². The molecule has 156 valence electrons. The van der Waals surface area contributed by atoms with Crippen molar-refractivity contribution in [2.45, 2.75) is 26.2 Å². The molecule has 0 bridgehead atoms. The normalized spacial score (nSPS) is 11.9. The molecule has 1 atom stereocenters. The highest BCUT2D eigenvalue weighted by atomic mass is 16.6. The molecule has 0 fully saturated rings. The van der Waals surface area contributed by atoms with Crippen LogP contribution in [0.1, 0.15) is 42.1 Å². The molecule has 1 aromatic heterocycles. The molecule has 0 saturated heterocycles. The third kappa shape index (κ3) is 4.16. The number of anilines is 1. The SMILES string of the molecule is CC[C@@H](C)c1ccc2oc(-c3cccc(NC(=O)c4ccccc4[N+](=O)[O-])c3)nc2c1. The lowest BCUT2D eigenvalue weighted by molar-refractivity contribution is -0.385. The summed E-state index contributed by atoms with van der Waals surface area (Å²) in [4.78, 5) is 27.8. The van der Waals surface area contributed by atoms with Crippen molar-refractivity contribution in [1.29, 1.82) is 0 Å². The minimum absolute atomic E-state index is 0.00246. The zero-order valence-corrected chi connectivity index (χ0v) is 17.2. The number of hydrogen-bond acceptors (Lipinski definition) is 5. The average molecular weight is 415 g/mol. The smallest absolute Gasteiger partial charge is 0.282 e. The minimum atomic E-state index is -0.572. The zero-order chi connectivity index (χ0) is 22.0. The van der Waals surface area contributed by atoms with Crippen molar-refractivity contribution in [2.75, 3.05) is 5.32 Å². The molecule has 4 rings (SSSR count). The van der Waals surface area contributed by atoms with E-state index in [1.54, 1.807) is 24.3 Å². The third-order valence-electron chi connectivity index (χ3n) is 5.31. The van der Waals surface area contributed by atoms with Gasteiger partial charge in [-0.3, -0.25) is 14.9 Å². The van der Waals surface area contributed by atoms with Crippen molar-refractivity contribution in [3.05, 3.63) is 88.0 Å². The number of amides is 1. The number of para-hydroxylation sites is 1. The van der Waals surface area contributed by atoms with Crippen molar-refractivity contribution in [2.24, 2.45) is 0 Å². The second-order valence-electron chi connectivity index (χ2n) is 7.36. The van der Waals surface area contributed by atoms with Crippen LogP contribution in [0.3, 0.4) is 0 Å². The Morgan fingerprint density at radius 3 is 2.71 bits per heavy atom. The molecule has 0 spiro atoms. The van der Waals surface area contributed by atoms with Crippen LogP contribution >= 0.6 is 0 Å². The fourth-order valence-corrected chi connectivity index (χ4v) is 3.36. The number of nitrogens with zero attached hydrogens (tertiary/aromatic N) is 2. The van der Waals surface area contributed by atoms with Gasteiger partial charge in [0, 0.05) is 17.3 Å². The highest BCUT2D eigenvalue weighted by Crippen LogP contribution is 2.29. The Morgan fingerprint density at radius 1 is 1.13 bits per heavy atom. The molecule has 1 heterocycles. The van der Waals surface area contributed by atoms with E-state index in [-0.39, 0.29) is 11.3 Å². The molecular weight excluding hydrogens is 394 g/mol. The Kier molecular flexibility index (Phi) is 5.49. The van der Waals surface area contributed by atoms with Crippen LogP contribution in [0.4, 0.5) is 11.4 Å². The average Bonchev–Trinajstić information content (AvgIpc) is 3.22. The quantitative estimate of drug-likeness (QED) is 0.300. The fraction of sp³-hybridized carbons (Fsp3) is 0.167. The van der Waals surface area contributed by atoms with Crippen LogP contribution < -0.4 is 5.32 Å². The van der Waals surface area contributed by atoms with Gasteiger partial charge in [-0.1, -0.05) is 38.1 Å². The first-order valence-electron chi connectivity index (χ1n) is 10.0. The molecule has 7 heteroatoms. The molecule has 7 nitrogen and oxygen atoms in total. The molecule has 0 aliphatic carbocycles. The van der Waals surface area contributed by atoms with Gasteiger partial charge in [-0.2, -0.15) is 0 Å². The second-order valence-corrected chi connectivity index (χ2v) is 7.36. The molecule has 4 aromatic rings. The van der Waals surface area contributed by atoms with Crippen molar-refractivity contribution in [1.82, 2.24) is 4.98 Å². The number of fused-ring (bicyclic) bond motifs is 1. The van der Waals surface area contributed by atoms with Crippen LogP contribution in [0, 0.1) is 10.1 Å². The Bertz CT molecular complexity index is 1280. The van der Waals surface area contributed by atoms with Crippen LogP contribution in [-0.4, -0.2) is 15.8 Å². The van der Waals surface area contributed by atoms with Crippen LogP contribution in [0.25, 0.3) is 22.6 Å². The topological polar surface area (TPSA) is 98.3 Å². The Balaban J connectivity index is 1.62. The van der Waals surface area contributed by atoms with E-state index in [0.29, 0.717) is 28.6 Å². The van der Waals surface area contributed by atoms with Gasteiger partial charge >= 0.3 is 0 Å². The number of benzene rings is 3. The number of hydrogen-bond donors (Lipinski definition) is 1. The van der Waals surface area contributed by atoms with E-state index in [2.05, 4.69) is 30.2 Å². The van der Waals surface area contributed by atoms with E-state index in [9.17, 15) is 14.9 Å². The van der Waals surface area contributed by atoms with Crippen LogP contribution in [0.2, 0.25) is 0 Å². The summed E-state index contributed by atoms with van der Waals surface area (Å²) in [6.45, 7) is 4.32. The first-order chi connectivity index (χ1) is 15.0. The number of nitro benzene ring substituents is 1. The van der Waals surface area contributed by atoms with Crippen molar-refractivity contribution < 1.29 is 14.1 Å². The van der Waals surface area contributed by atoms with Crippen LogP contribution in [0.5, 0.6) is 0 Å². The van der Waals surface area contributed by atoms with Gasteiger partial charge in [-0.15, -0.1) is 0 Å². The molecular formula is C24H21N3O4. The minimum Gasteiger partial charge on any atom is -0.436 e. The number of nitro groups is 1. The van der Waals surface area contributed by atoms with Crippen molar-refractivity contribution in [3.63, 3.8) is 0 Å². The largest absolute Gasteiger partial charge is 0.436 e. The van der Waals surface area contributed by atoms with Crippen molar-refractivity contribution >= 4 is 28.4 Å². The number of rotatable bonds is 6. The summed E-state index contributed by atoms with van der Waals surface area (Å²) in [5.41, 5.74) is 3.62. The zero-order valence-electron chi connectivity index (χ0n) is 17.2. The number of nitrogens with one attached hydrogen (secondary N) is 1. The monoisotopic (exact) mass is 415 g/mol. The molecule has 0 unspecified atom stereocenters. The van der Waals surface area contributed by atoms with Gasteiger partial charge < -0.3 is 9.73 Å². The fourth-order valence-electron chi connectivity index (χ4n) is 3.36. The summed E-state index contributed by atoms with van der Waals surface area (Å²) in [5, 5.41) is 13.9. The van der Waals surface area contributed by atoms with Gasteiger partial charge in [0.15, 0.2) is 5.58 Å². The molecule has 1 N–H and O–H groups in total. The summed E-state index contributed by atoms with van der Waals surface area (Å²) >= 11 is 0. The summed E-state index contributed by atoms with van der Waals surface area (Å²) in [5.74, 6) is 0.323. The Morgan fingerprint density at radius 2 is 1.94 bits per heavy atom. The molecule has 0 saturated carbocycles. The highest BCUT2D eigenvalue weighted by Gasteiger charge is 2.19. The van der Waals surface area contributed by atoms with Gasteiger partial charge in [0.1, 0.15) is 11.1 Å². The van der Waals surface area contributed by atoms with Crippen LogP contribution in [0.15, 0.2) is 71.1 Å². The molecule has 0 radical (unpaired) electrons. The van der Waals surface area contributed by atoms with Gasteiger partial charge in [0.2, 0.25) is 5.89 Å². The molecule has 0 aliphatic rings. The van der Waals surface area contributed by atoms with E-state index in [1.165, 1.54) is 23.8 Å². The lowest BCUT2D eigenvalue weighted by Gasteiger charge is -2.07. The lowest BCUT2D eigenvalue weighted by atomic mass is 9.98. The predicted octanol–water partition coefficient (Wildman–Crippen LogP) is 6.17. The number of carbonyl (C=O) groups excluding carboxylic acids is 1. The van der Waals surface area contributed by atoms with Gasteiger partial charge in [0.25, 0.3) is 11.6 Å². The predicted molar refractivity (Wildman–Crippen MR) is 119 cm³/mol. The summed E-state index contributed by atoms with van der Waals surface area (Å²) in [7, 11) is 0. The lowest BCUT2D eigenvalue weighted by Crippen LogP contribution is -2.13. The summed E-state index contributed by atoms with van der Waals surface area (Å²) in [6.07, 6.45) is 1.04. The molecule has 31 heavy (non-hydrogen) atoms. The number of carbonyl (C=O) groups is 1. The number of oxazole rings is 1. The number of aromatic nitrogens is 1. The second kappa shape index (κ2) is 8.39. The van der Waals surface area contributed by atoms with E-state index in [0.717, 1.165) is 11.9 Å². The van der Waals surface area contributed by atoms with E-state index in [4.69, 9.17) is 4.42 Å². The molecule has 1 amide bonds. The maximum atomic E-state index is 12.6. The summed E-state index contributed by atoms with van der Waals surface area (Å²) in [6, 6.07) is 18.9. The van der Waals surface area contributed by atoms with E-state index in [1.807, 2.05) is 18.2 Å². The highest BCUT2D eigenvalue weighted by molar-refractivity contribution is 6.07. The molecule has 0 aliphatic heterocycles. The third-order valence-corrected chi connectivity index (χ3v) is 5.31. The standard InChI is InChI=1S/C24H21N3O4/c1-3-15(2)16-11-12-22-20(14-16)26-24(31-22)17-7-6-8-18(13-17)25-23(28)19-9-4-5-10-21(19)27(29)30/h4-15H,3H2,1-2H3,(H,25,28)/t15-/m1/s1. The van der Waals surface area contributed by atoms with E-state index < -0.39 is 10.8 Å².